The molecule has 6 heteroatoms. The van der Waals surface area contributed by atoms with Gasteiger partial charge in [-0.15, -0.1) is 0 Å². The van der Waals surface area contributed by atoms with Crippen molar-refractivity contribution in [1.82, 2.24) is 10.6 Å². The minimum Gasteiger partial charge on any atom is -0.353 e. The molecule has 0 radical (unpaired) electrons. The summed E-state index contributed by atoms with van der Waals surface area (Å²) in [6.45, 7) is 0.682. The van der Waals surface area contributed by atoms with Crippen molar-refractivity contribution in [2.24, 2.45) is 0 Å². The largest absolute Gasteiger partial charge is 0.353 e. The zero-order valence-corrected chi connectivity index (χ0v) is 10.00. The van der Waals surface area contributed by atoms with Gasteiger partial charge in [-0.2, -0.15) is 0 Å². The molecule has 18 heavy (non-hydrogen) atoms. The standard InChI is InChI=1S/C12H14FN3O2/c1-14-5-8-4-9(13)2-3-10(8)16-6-11(17)15-12(18)7-16/h2-4,14H,5-7H2,1H3,(H,15,17,18). The van der Waals surface area contributed by atoms with Crippen molar-refractivity contribution in [3.63, 3.8) is 0 Å². The highest BCUT2D eigenvalue weighted by Crippen LogP contribution is 2.22. The average Bonchev–Trinajstić information content (AvgIpc) is 2.28. The summed E-state index contributed by atoms with van der Waals surface area (Å²) in [5.74, 6) is -1.02. The second-order valence-electron chi connectivity index (χ2n) is 4.13. The molecule has 2 amide bonds. The predicted molar refractivity (Wildman–Crippen MR) is 64.5 cm³/mol. The second kappa shape index (κ2) is 5.14. The lowest BCUT2D eigenvalue weighted by atomic mass is 10.1. The van der Waals surface area contributed by atoms with Gasteiger partial charge >= 0.3 is 0 Å². The number of amides is 2. The number of carbonyl (C=O) groups is 2. The second-order valence-corrected chi connectivity index (χ2v) is 4.13. The van der Waals surface area contributed by atoms with Gasteiger partial charge in [0.15, 0.2) is 0 Å². The molecule has 0 saturated carbocycles. The molecule has 1 heterocycles. The number of halogens is 1. The molecule has 0 unspecified atom stereocenters. The molecule has 0 aromatic heterocycles. The van der Waals surface area contributed by atoms with Crippen molar-refractivity contribution >= 4 is 17.5 Å². The molecule has 2 rings (SSSR count). The number of nitrogens with one attached hydrogen (secondary N) is 2. The molecule has 0 atom stereocenters. The maximum absolute atomic E-state index is 13.2. The van der Waals surface area contributed by atoms with Crippen molar-refractivity contribution in [3.05, 3.63) is 29.6 Å². The molecular formula is C12H14FN3O2. The Hall–Kier alpha value is -1.95. The van der Waals surface area contributed by atoms with E-state index in [2.05, 4.69) is 10.6 Å². The third-order valence-electron chi connectivity index (χ3n) is 2.70. The number of benzene rings is 1. The minimum absolute atomic E-state index is 0.105. The van der Waals surface area contributed by atoms with Gasteiger partial charge in [0.1, 0.15) is 5.82 Å². The third kappa shape index (κ3) is 2.65. The highest BCUT2D eigenvalue weighted by molar-refractivity contribution is 6.02. The molecule has 0 aliphatic carbocycles. The summed E-state index contributed by atoms with van der Waals surface area (Å²) in [7, 11) is 1.75. The molecule has 1 fully saturated rings. The van der Waals surface area contributed by atoms with Gasteiger partial charge in [-0.3, -0.25) is 14.9 Å². The fourth-order valence-corrected chi connectivity index (χ4v) is 2.00. The Balaban J connectivity index is 2.31. The van der Waals surface area contributed by atoms with E-state index >= 15 is 0 Å². The van der Waals surface area contributed by atoms with Crippen molar-refractivity contribution < 1.29 is 14.0 Å². The molecule has 96 valence electrons. The molecule has 1 aromatic rings. The van der Waals surface area contributed by atoms with Crippen LogP contribution in [0.15, 0.2) is 18.2 Å². The van der Waals surface area contributed by atoms with Crippen LogP contribution in [0.3, 0.4) is 0 Å². The summed E-state index contributed by atoms with van der Waals surface area (Å²) in [5.41, 5.74) is 1.42. The van der Waals surface area contributed by atoms with Crippen LogP contribution in [0.4, 0.5) is 10.1 Å². The van der Waals surface area contributed by atoms with Gasteiger partial charge in [0.25, 0.3) is 0 Å². The molecule has 0 spiro atoms. The first-order chi connectivity index (χ1) is 8.60. The predicted octanol–water partition coefficient (Wildman–Crippen LogP) is 0.00790. The zero-order chi connectivity index (χ0) is 13.1. The van der Waals surface area contributed by atoms with E-state index in [1.807, 2.05) is 0 Å². The molecule has 1 aliphatic heterocycles. The van der Waals surface area contributed by atoms with Crippen molar-refractivity contribution in [1.29, 1.82) is 0 Å². The van der Waals surface area contributed by atoms with E-state index < -0.39 is 0 Å². The molecule has 1 aliphatic rings. The van der Waals surface area contributed by atoms with Crippen LogP contribution in [0.5, 0.6) is 0 Å². The molecule has 1 aromatic carbocycles. The number of rotatable bonds is 3. The van der Waals surface area contributed by atoms with Gasteiger partial charge in [-0.05, 0) is 30.8 Å². The van der Waals surface area contributed by atoms with Crippen molar-refractivity contribution in [2.75, 3.05) is 25.0 Å². The summed E-state index contributed by atoms with van der Waals surface area (Å²) in [5, 5.41) is 5.17. The number of anilines is 1. The molecule has 5 nitrogen and oxygen atoms in total. The highest BCUT2D eigenvalue weighted by Gasteiger charge is 2.24. The van der Waals surface area contributed by atoms with E-state index in [1.54, 1.807) is 18.0 Å². The molecule has 2 N–H and O–H groups in total. The quantitative estimate of drug-likeness (QED) is 0.743. The Morgan fingerprint density at radius 2 is 2.00 bits per heavy atom. The number of nitrogens with zero attached hydrogens (tertiary/aromatic N) is 1. The number of piperazine rings is 1. The first-order valence-corrected chi connectivity index (χ1v) is 5.61. The lowest BCUT2D eigenvalue weighted by molar-refractivity contribution is -0.130. The minimum atomic E-state index is -0.342. The summed E-state index contributed by atoms with van der Waals surface area (Å²) in [6.07, 6.45) is 0. The van der Waals surface area contributed by atoms with Gasteiger partial charge < -0.3 is 10.2 Å². The molecular weight excluding hydrogens is 237 g/mol. The lowest BCUT2D eigenvalue weighted by Gasteiger charge is -2.29. The van der Waals surface area contributed by atoms with E-state index in [1.165, 1.54) is 12.1 Å². The van der Waals surface area contributed by atoms with Crippen LogP contribution >= 0.6 is 0 Å². The number of hydrogen-bond donors (Lipinski definition) is 2. The van der Waals surface area contributed by atoms with E-state index in [9.17, 15) is 14.0 Å². The number of hydrogen-bond acceptors (Lipinski definition) is 4. The van der Waals surface area contributed by atoms with Crippen LogP contribution in [0.2, 0.25) is 0 Å². The SMILES string of the molecule is CNCc1cc(F)ccc1N1CC(=O)NC(=O)C1. The van der Waals surface area contributed by atoms with Gasteiger partial charge in [0.05, 0.1) is 13.1 Å². The lowest BCUT2D eigenvalue weighted by Crippen LogP contribution is -2.51. The van der Waals surface area contributed by atoms with E-state index in [4.69, 9.17) is 0 Å². The van der Waals surface area contributed by atoms with Gasteiger partial charge in [-0.1, -0.05) is 0 Å². The summed E-state index contributed by atoms with van der Waals surface area (Å²) in [6, 6.07) is 4.32. The van der Waals surface area contributed by atoms with Gasteiger partial charge in [0, 0.05) is 12.2 Å². The Labute approximate surface area is 104 Å². The highest BCUT2D eigenvalue weighted by atomic mass is 19.1. The van der Waals surface area contributed by atoms with E-state index in [0.29, 0.717) is 12.2 Å². The molecule has 1 saturated heterocycles. The maximum atomic E-state index is 13.2. The van der Waals surface area contributed by atoms with Crippen LogP contribution in [0.1, 0.15) is 5.56 Å². The van der Waals surface area contributed by atoms with Gasteiger partial charge in [-0.25, -0.2) is 4.39 Å². The smallest absolute Gasteiger partial charge is 0.246 e. The average molecular weight is 251 g/mol. The Morgan fingerprint density at radius 1 is 1.33 bits per heavy atom. The topological polar surface area (TPSA) is 61.4 Å². The normalized spacial score (nSPS) is 15.8. The van der Waals surface area contributed by atoms with Gasteiger partial charge in [0.2, 0.25) is 11.8 Å². The summed E-state index contributed by atoms with van der Waals surface area (Å²) < 4.78 is 13.2. The maximum Gasteiger partial charge on any atom is 0.246 e. The van der Waals surface area contributed by atoms with Crippen LogP contribution in [0, 0.1) is 5.82 Å². The number of imide groups is 1. The summed E-state index contributed by atoms with van der Waals surface area (Å²) >= 11 is 0. The van der Waals surface area contributed by atoms with Crippen LogP contribution < -0.4 is 15.5 Å². The van der Waals surface area contributed by atoms with Crippen LogP contribution in [-0.4, -0.2) is 32.0 Å². The van der Waals surface area contributed by atoms with Crippen LogP contribution in [-0.2, 0) is 16.1 Å². The Kier molecular flexibility index (Phi) is 3.57. The van der Waals surface area contributed by atoms with Crippen molar-refractivity contribution in [2.45, 2.75) is 6.54 Å². The Morgan fingerprint density at radius 3 is 2.61 bits per heavy atom. The Bertz CT molecular complexity index is 474. The zero-order valence-electron chi connectivity index (χ0n) is 10.00. The van der Waals surface area contributed by atoms with E-state index in [0.717, 1.165) is 5.56 Å². The first kappa shape index (κ1) is 12.5. The fraction of sp³-hybridized carbons (Fsp3) is 0.333. The van der Waals surface area contributed by atoms with Crippen molar-refractivity contribution in [3.8, 4) is 0 Å². The fourth-order valence-electron chi connectivity index (χ4n) is 2.00. The monoisotopic (exact) mass is 251 g/mol. The number of carbonyl (C=O) groups excluding carboxylic acids is 2. The van der Waals surface area contributed by atoms with E-state index in [-0.39, 0.29) is 30.7 Å². The summed E-state index contributed by atoms with van der Waals surface area (Å²) in [4.78, 5) is 24.3. The third-order valence-corrected chi connectivity index (χ3v) is 2.70. The molecule has 0 bridgehead atoms. The first-order valence-electron chi connectivity index (χ1n) is 5.61. The van der Waals surface area contributed by atoms with Crippen LogP contribution in [0.25, 0.3) is 0 Å².